The molecule has 0 amide bonds. The standard InChI is InChI=1S/C14H12FN3O4S/c1-22-13-7-9(18(20)21)3-4-10(13)16-14(23)17-11-6-8(15)2-5-12(11)19/h2-7,19H,1H3,(H2,16,17,23). The number of benzene rings is 2. The van der Waals surface area contributed by atoms with Gasteiger partial charge in [-0.25, -0.2) is 4.39 Å². The van der Waals surface area contributed by atoms with Gasteiger partial charge in [0.2, 0.25) is 0 Å². The molecule has 0 fully saturated rings. The van der Waals surface area contributed by atoms with E-state index < -0.39 is 10.7 Å². The van der Waals surface area contributed by atoms with Crippen LogP contribution in [0.1, 0.15) is 0 Å². The molecule has 0 atom stereocenters. The summed E-state index contributed by atoms with van der Waals surface area (Å²) in [7, 11) is 1.36. The Bertz CT molecular complexity index is 770. The summed E-state index contributed by atoms with van der Waals surface area (Å²) in [6, 6.07) is 7.33. The van der Waals surface area contributed by atoms with E-state index in [-0.39, 0.29) is 28.0 Å². The lowest BCUT2D eigenvalue weighted by Gasteiger charge is -2.14. The van der Waals surface area contributed by atoms with Crippen molar-refractivity contribution in [3.63, 3.8) is 0 Å². The van der Waals surface area contributed by atoms with E-state index in [0.29, 0.717) is 5.69 Å². The number of non-ortho nitro benzene ring substituents is 1. The van der Waals surface area contributed by atoms with Crippen molar-refractivity contribution in [2.75, 3.05) is 17.7 Å². The van der Waals surface area contributed by atoms with Gasteiger partial charge in [0.1, 0.15) is 17.3 Å². The predicted octanol–water partition coefficient (Wildman–Crippen LogP) is 3.26. The SMILES string of the molecule is COc1cc([N+](=O)[O-])ccc1NC(=S)Nc1cc(F)ccc1O. The summed E-state index contributed by atoms with van der Waals surface area (Å²) in [6.45, 7) is 0. The first-order valence-electron chi connectivity index (χ1n) is 6.29. The third kappa shape index (κ3) is 4.04. The minimum Gasteiger partial charge on any atom is -0.506 e. The van der Waals surface area contributed by atoms with Crippen LogP contribution in [0.3, 0.4) is 0 Å². The van der Waals surface area contributed by atoms with Crippen molar-refractivity contribution in [1.29, 1.82) is 0 Å². The van der Waals surface area contributed by atoms with Gasteiger partial charge in [-0.2, -0.15) is 0 Å². The number of aromatic hydroxyl groups is 1. The van der Waals surface area contributed by atoms with Crippen molar-refractivity contribution in [3.8, 4) is 11.5 Å². The number of nitrogens with zero attached hydrogens (tertiary/aromatic N) is 1. The number of halogens is 1. The molecule has 0 heterocycles. The smallest absolute Gasteiger partial charge is 0.273 e. The molecule has 23 heavy (non-hydrogen) atoms. The number of methoxy groups -OCH3 is 1. The second-order valence-corrected chi connectivity index (χ2v) is 4.79. The molecule has 9 heteroatoms. The number of thiocarbonyl (C=S) groups is 1. The largest absolute Gasteiger partial charge is 0.506 e. The lowest BCUT2D eigenvalue weighted by Crippen LogP contribution is -2.19. The van der Waals surface area contributed by atoms with Gasteiger partial charge < -0.3 is 20.5 Å². The molecule has 7 nitrogen and oxygen atoms in total. The van der Waals surface area contributed by atoms with Crippen LogP contribution >= 0.6 is 12.2 Å². The van der Waals surface area contributed by atoms with Crippen molar-refractivity contribution in [3.05, 3.63) is 52.3 Å². The van der Waals surface area contributed by atoms with Gasteiger partial charge in [-0.05, 0) is 30.4 Å². The first kappa shape index (κ1) is 16.4. The first-order chi connectivity index (χ1) is 10.9. The summed E-state index contributed by atoms with van der Waals surface area (Å²) in [6.07, 6.45) is 0. The fraction of sp³-hybridized carbons (Fsp3) is 0.0714. The van der Waals surface area contributed by atoms with Crippen LogP contribution in [0.15, 0.2) is 36.4 Å². The van der Waals surface area contributed by atoms with Gasteiger partial charge in [0.25, 0.3) is 5.69 Å². The Morgan fingerprint density at radius 2 is 1.96 bits per heavy atom. The van der Waals surface area contributed by atoms with Crippen LogP contribution in [0.25, 0.3) is 0 Å². The topological polar surface area (TPSA) is 96.7 Å². The molecule has 0 aromatic heterocycles. The molecule has 0 spiro atoms. The van der Waals surface area contributed by atoms with Crippen LogP contribution in [0, 0.1) is 15.9 Å². The van der Waals surface area contributed by atoms with Crippen molar-refractivity contribution in [2.24, 2.45) is 0 Å². The monoisotopic (exact) mass is 337 g/mol. The highest BCUT2D eigenvalue weighted by molar-refractivity contribution is 7.80. The Balaban J connectivity index is 2.17. The number of nitro groups is 1. The average Bonchev–Trinajstić information content (AvgIpc) is 2.51. The second-order valence-electron chi connectivity index (χ2n) is 4.38. The van der Waals surface area contributed by atoms with E-state index in [4.69, 9.17) is 17.0 Å². The number of hydrogen-bond donors (Lipinski definition) is 3. The van der Waals surface area contributed by atoms with E-state index in [2.05, 4.69) is 10.6 Å². The molecule has 2 aromatic carbocycles. The highest BCUT2D eigenvalue weighted by Gasteiger charge is 2.13. The zero-order valence-corrected chi connectivity index (χ0v) is 12.7. The van der Waals surface area contributed by atoms with Gasteiger partial charge >= 0.3 is 0 Å². The van der Waals surface area contributed by atoms with Crippen molar-refractivity contribution < 1.29 is 19.2 Å². The highest BCUT2D eigenvalue weighted by Crippen LogP contribution is 2.29. The average molecular weight is 337 g/mol. The molecule has 2 rings (SSSR count). The molecule has 0 bridgehead atoms. The summed E-state index contributed by atoms with van der Waals surface area (Å²) in [4.78, 5) is 10.2. The molecular weight excluding hydrogens is 325 g/mol. The molecule has 120 valence electrons. The maximum atomic E-state index is 13.2. The molecule has 0 saturated heterocycles. The van der Waals surface area contributed by atoms with E-state index in [1.165, 1.54) is 31.4 Å². The number of hydrogen-bond acceptors (Lipinski definition) is 5. The third-order valence-electron chi connectivity index (χ3n) is 2.85. The van der Waals surface area contributed by atoms with Crippen molar-refractivity contribution in [1.82, 2.24) is 0 Å². The quantitative estimate of drug-likeness (QED) is 0.341. The van der Waals surface area contributed by atoms with Gasteiger partial charge in [0, 0.05) is 12.1 Å². The summed E-state index contributed by atoms with van der Waals surface area (Å²) in [5.41, 5.74) is 0.337. The van der Waals surface area contributed by atoms with Crippen LogP contribution in [0.5, 0.6) is 11.5 Å². The van der Waals surface area contributed by atoms with Crippen LogP contribution in [-0.4, -0.2) is 22.3 Å². The molecule has 0 aliphatic carbocycles. The Morgan fingerprint density at radius 1 is 1.26 bits per heavy atom. The predicted molar refractivity (Wildman–Crippen MR) is 87.6 cm³/mol. The van der Waals surface area contributed by atoms with E-state index in [1.807, 2.05) is 0 Å². The molecule has 0 aliphatic heterocycles. The molecule has 0 unspecified atom stereocenters. The number of phenols is 1. The zero-order valence-electron chi connectivity index (χ0n) is 11.9. The van der Waals surface area contributed by atoms with Crippen LogP contribution < -0.4 is 15.4 Å². The molecule has 0 radical (unpaired) electrons. The van der Waals surface area contributed by atoms with E-state index in [0.717, 1.165) is 12.1 Å². The Labute approximate surface area is 135 Å². The van der Waals surface area contributed by atoms with Crippen LogP contribution in [0.2, 0.25) is 0 Å². The number of ether oxygens (including phenoxy) is 1. The summed E-state index contributed by atoms with van der Waals surface area (Å²) >= 11 is 5.07. The molecular formula is C14H12FN3O4S. The number of phenolic OH excluding ortho intramolecular Hbond substituents is 1. The molecule has 2 aromatic rings. The maximum absolute atomic E-state index is 13.2. The molecule has 0 saturated carbocycles. The fourth-order valence-electron chi connectivity index (χ4n) is 1.78. The summed E-state index contributed by atoms with van der Waals surface area (Å²) in [5, 5.41) is 25.8. The first-order valence-corrected chi connectivity index (χ1v) is 6.70. The summed E-state index contributed by atoms with van der Waals surface area (Å²) < 4.78 is 18.2. The maximum Gasteiger partial charge on any atom is 0.273 e. The van der Waals surface area contributed by atoms with Crippen LogP contribution in [-0.2, 0) is 0 Å². The number of rotatable bonds is 4. The Kier molecular flexibility index (Phi) is 4.91. The van der Waals surface area contributed by atoms with E-state index in [1.54, 1.807) is 0 Å². The van der Waals surface area contributed by atoms with Gasteiger partial charge in [-0.1, -0.05) is 0 Å². The minimum atomic E-state index is -0.548. The number of nitrogens with one attached hydrogen (secondary N) is 2. The van der Waals surface area contributed by atoms with Gasteiger partial charge in [-0.3, -0.25) is 10.1 Å². The zero-order chi connectivity index (χ0) is 17.0. The van der Waals surface area contributed by atoms with Crippen LogP contribution in [0.4, 0.5) is 21.5 Å². The van der Waals surface area contributed by atoms with Gasteiger partial charge in [-0.15, -0.1) is 0 Å². The van der Waals surface area contributed by atoms with Crippen molar-refractivity contribution >= 4 is 34.4 Å². The van der Waals surface area contributed by atoms with E-state index in [9.17, 15) is 19.6 Å². The number of nitro benzene ring substituents is 1. The highest BCUT2D eigenvalue weighted by atomic mass is 32.1. The number of anilines is 2. The minimum absolute atomic E-state index is 0.0538. The third-order valence-corrected chi connectivity index (χ3v) is 3.06. The Morgan fingerprint density at radius 3 is 2.61 bits per heavy atom. The lowest BCUT2D eigenvalue weighted by atomic mass is 10.2. The Hall–Kier alpha value is -2.94. The van der Waals surface area contributed by atoms with Crippen molar-refractivity contribution in [2.45, 2.75) is 0 Å². The summed E-state index contributed by atoms with van der Waals surface area (Å²) in [5.74, 6) is -0.501. The molecule has 0 aliphatic rings. The van der Waals surface area contributed by atoms with Gasteiger partial charge in [0.05, 0.1) is 29.5 Å². The van der Waals surface area contributed by atoms with Gasteiger partial charge in [0.15, 0.2) is 5.11 Å². The van der Waals surface area contributed by atoms with E-state index >= 15 is 0 Å². The normalized spacial score (nSPS) is 10.0. The molecule has 3 N–H and O–H groups in total. The lowest BCUT2D eigenvalue weighted by molar-refractivity contribution is -0.384. The fourth-order valence-corrected chi connectivity index (χ4v) is 2.00. The second kappa shape index (κ2) is 6.88.